The Morgan fingerprint density at radius 2 is 1.84 bits per heavy atom. The predicted octanol–water partition coefficient (Wildman–Crippen LogP) is 3.87. The first kappa shape index (κ1) is 16.0. The molecule has 0 radical (unpaired) electrons. The van der Waals surface area contributed by atoms with E-state index >= 15 is 0 Å². The van der Waals surface area contributed by atoms with Gasteiger partial charge < -0.3 is 19.8 Å². The minimum Gasteiger partial charge on any atom is -0.493 e. The second-order valence-corrected chi connectivity index (χ2v) is 6.41. The Labute approximate surface area is 146 Å². The molecule has 0 amide bonds. The molecule has 4 rings (SSSR count). The van der Waals surface area contributed by atoms with E-state index in [1.165, 1.54) is 11.6 Å². The first-order valence-corrected chi connectivity index (χ1v) is 8.38. The van der Waals surface area contributed by atoms with Crippen LogP contribution in [-0.2, 0) is 6.42 Å². The molecule has 0 bridgehead atoms. The number of hydrogen-bond donors (Lipinski definition) is 2. The van der Waals surface area contributed by atoms with E-state index in [4.69, 9.17) is 9.47 Å². The molecule has 2 N–H and O–H groups in total. The summed E-state index contributed by atoms with van der Waals surface area (Å²) in [6.07, 6.45) is 0.877. The molecule has 2 aromatic carbocycles. The summed E-state index contributed by atoms with van der Waals surface area (Å²) in [4.78, 5) is 3.48. The van der Waals surface area contributed by atoms with Gasteiger partial charge in [-0.2, -0.15) is 0 Å². The van der Waals surface area contributed by atoms with E-state index in [-0.39, 0.29) is 11.9 Å². The van der Waals surface area contributed by atoms with Crippen LogP contribution in [0, 0.1) is 12.7 Å². The normalized spacial score (nSPS) is 16.7. The zero-order valence-electron chi connectivity index (χ0n) is 14.6. The highest BCUT2D eigenvalue weighted by Gasteiger charge is 2.27. The number of benzene rings is 2. The first-order chi connectivity index (χ1) is 12.1. The quantitative estimate of drug-likeness (QED) is 0.761. The lowest BCUT2D eigenvalue weighted by molar-refractivity contribution is 0.353. The van der Waals surface area contributed by atoms with Crippen LogP contribution >= 0.6 is 0 Å². The second-order valence-electron chi connectivity index (χ2n) is 6.41. The van der Waals surface area contributed by atoms with Crippen molar-refractivity contribution in [2.45, 2.75) is 19.4 Å². The van der Waals surface area contributed by atoms with Gasteiger partial charge in [0.15, 0.2) is 11.5 Å². The van der Waals surface area contributed by atoms with Crippen molar-refractivity contribution in [3.8, 4) is 11.5 Å². The highest BCUT2D eigenvalue weighted by atomic mass is 19.1. The van der Waals surface area contributed by atoms with Crippen molar-refractivity contribution in [1.82, 2.24) is 10.3 Å². The third-order valence-corrected chi connectivity index (χ3v) is 5.00. The summed E-state index contributed by atoms with van der Waals surface area (Å²) >= 11 is 0. The Morgan fingerprint density at radius 3 is 2.60 bits per heavy atom. The second kappa shape index (κ2) is 6.08. The van der Waals surface area contributed by atoms with Crippen molar-refractivity contribution in [1.29, 1.82) is 0 Å². The summed E-state index contributed by atoms with van der Waals surface area (Å²) < 4.78 is 24.6. The fraction of sp³-hybridized carbons (Fsp3) is 0.300. The number of H-pyrrole nitrogens is 1. The monoisotopic (exact) mass is 340 g/mol. The number of nitrogens with one attached hydrogen (secondary N) is 2. The Kier molecular flexibility index (Phi) is 3.88. The molecule has 130 valence electrons. The molecule has 1 unspecified atom stereocenters. The number of hydrogen-bond acceptors (Lipinski definition) is 3. The minimum absolute atomic E-state index is 0.0130. The molecule has 3 aromatic rings. The average Bonchev–Trinajstić information content (AvgIpc) is 2.99. The summed E-state index contributed by atoms with van der Waals surface area (Å²) in [6, 6.07) is 8.95. The van der Waals surface area contributed by atoms with Crippen LogP contribution in [0.3, 0.4) is 0 Å². The topological polar surface area (TPSA) is 46.3 Å². The lowest BCUT2D eigenvalue weighted by Gasteiger charge is -2.27. The van der Waals surface area contributed by atoms with E-state index in [9.17, 15) is 4.39 Å². The molecular weight excluding hydrogens is 319 g/mol. The molecule has 0 spiro atoms. The Morgan fingerprint density at radius 1 is 1.08 bits per heavy atom. The maximum atomic E-state index is 13.7. The van der Waals surface area contributed by atoms with Gasteiger partial charge in [0.25, 0.3) is 0 Å². The van der Waals surface area contributed by atoms with Gasteiger partial charge in [0.05, 0.1) is 20.3 Å². The zero-order chi connectivity index (χ0) is 17.6. The van der Waals surface area contributed by atoms with Gasteiger partial charge in [-0.25, -0.2) is 4.39 Å². The number of ether oxygens (including phenoxy) is 2. The van der Waals surface area contributed by atoms with Crippen LogP contribution in [-0.4, -0.2) is 25.7 Å². The van der Waals surface area contributed by atoms with Crippen molar-refractivity contribution < 1.29 is 13.9 Å². The van der Waals surface area contributed by atoms with E-state index in [0.29, 0.717) is 5.75 Å². The van der Waals surface area contributed by atoms with Crippen LogP contribution in [0.5, 0.6) is 11.5 Å². The van der Waals surface area contributed by atoms with E-state index in [0.717, 1.165) is 46.4 Å². The molecular formula is C20H21FN2O2. The summed E-state index contributed by atoms with van der Waals surface area (Å²) in [5.41, 5.74) is 5.51. The van der Waals surface area contributed by atoms with Crippen molar-refractivity contribution in [2.24, 2.45) is 0 Å². The molecule has 5 heteroatoms. The van der Waals surface area contributed by atoms with Gasteiger partial charge in [0.2, 0.25) is 0 Å². The van der Waals surface area contributed by atoms with Crippen molar-refractivity contribution in [2.75, 3.05) is 20.8 Å². The Hall–Kier alpha value is -2.53. The van der Waals surface area contributed by atoms with Gasteiger partial charge in [0, 0.05) is 23.1 Å². The van der Waals surface area contributed by atoms with Crippen LogP contribution in [0.25, 0.3) is 10.9 Å². The molecule has 1 aliphatic rings. The van der Waals surface area contributed by atoms with Crippen LogP contribution in [0.15, 0.2) is 30.3 Å². The van der Waals surface area contributed by atoms with E-state index in [2.05, 4.69) is 17.2 Å². The van der Waals surface area contributed by atoms with Crippen molar-refractivity contribution in [3.05, 3.63) is 58.5 Å². The lowest BCUT2D eigenvalue weighted by Crippen LogP contribution is -2.31. The van der Waals surface area contributed by atoms with Gasteiger partial charge in [-0.1, -0.05) is 0 Å². The van der Waals surface area contributed by atoms with Crippen LogP contribution < -0.4 is 14.8 Å². The summed E-state index contributed by atoms with van der Waals surface area (Å²) in [5, 5.41) is 4.55. The number of aromatic amines is 1. The van der Waals surface area contributed by atoms with Crippen LogP contribution in [0.1, 0.15) is 28.4 Å². The molecule has 1 aromatic heterocycles. The summed E-state index contributed by atoms with van der Waals surface area (Å²) in [6.45, 7) is 2.91. The number of halogens is 1. The average molecular weight is 340 g/mol. The third-order valence-electron chi connectivity index (χ3n) is 5.00. The maximum absolute atomic E-state index is 13.7. The first-order valence-electron chi connectivity index (χ1n) is 8.38. The molecule has 2 heterocycles. The molecule has 1 atom stereocenters. The van der Waals surface area contributed by atoms with Gasteiger partial charge in [0.1, 0.15) is 5.82 Å². The molecule has 0 saturated heterocycles. The van der Waals surface area contributed by atoms with E-state index < -0.39 is 0 Å². The number of fused-ring (bicyclic) bond motifs is 3. The predicted molar refractivity (Wildman–Crippen MR) is 96.1 cm³/mol. The number of aromatic nitrogens is 1. The SMILES string of the molecule is COc1cc(C)c(C2NCCc3c2[nH]c2ccc(F)cc32)cc1OC. The molecule has 0 saturated carbocycles. The number of methoxy groups -OCH3 is 2. The highest BCUT2D eigenvalue weighted by molar-refractivity contribution is 5.85. The smallest absolute Gasteiger partial charge is 0.161 e. The molecule has 0 fully saturated rings. The highest BCUT2D eigenvalue weighted by Crippen LogP contribution is 2.38. The van der Waals surface area contributed by atoms with Gasteiger partial charge in [-0.15, -0.1) is 0 Å². The molecule has 25 heavy (non-hydrogen) atoms. The largest absolute Gasteiger partial charge is 0.493 e. The molecule has 4 nitrogen and oxygen atoms in total. The van der Waals surface area contributed by atoms with Crippen molar-refractivity contribution in [3.63, 3.8) is 0 Å². The van der Waals surface area contributed by atoms with Gasteiger partial charge in [-0.3, -0.25) is 0 Å². The standard InChI is InChI=1S/C20H21FN2O2/c1-11-8-17(24-2)18(25-3)10-14(11)19-20-13(6-7-22-19)15-9-12(21)4-5-16(15)23-20/h4-5,8-10,19,22-23H,6-7H2,1-3H3. The Balaban J connectivity index is 1.88. The third kappa shape index (κ3) is 2.55. The minimum atomic E-state index is -0.202. The Bertz CT molecular complexity index is 949. The van der Waals surface area contributed by atoms with Crippen LogP contribution in [0.4, 0.5) is 4.39 Å². The number of rotatable bonds is 3. The van der Waals surface area contributed by atoms with E-state index in [1.54, 1.807) is 20.3 Å². The zero-order valence-corrected chi connectivity index (χ0v) is 14.6. The van der Waals surface area contributed by atoms with Gasteiger partial charge in [-0.05, 0) is 60.4 Å². The maximum Gasteiger partial charge on any atom is 0.161 e. The lowest BCUT2D eigenvalue weighted by atomic mass is 9.91. The van der Waals surface area contributed by atoms with Crippen LogP contribution in [0.2, 0.25) is 0 Å². The number of aryl methyl sites for hydroxylation is 1. The molecule has 0 aliphatic carbocycles. The van der Waals surface area contributed by atoms with Gasteiger partial charge >= 0.3 is 0 Å². The fourth-order valence-electron chi connectivity index (χ4n) is 3.77. The summed E-state index contributed by atoms with van der Waals surface area (Å²) in [7, 11) is 3.28. The van der Waals surface area contributed by atoms with Crippen molar-refractivity contribution >= 4 is 10.9 Å². The molecule has 1 aliphatic heterocycles. The van der Waals surface area contributed by atoms with E-state index in [1.807, 2.05) is 18.2 Å². The fourth-order valence-corrected chi connectivity index (χ4v) is 3.77. The summed E-state index contributed by atoms with van der Waals surface area (Å²) in [5.74, 6) is 1.23.